The van der Waals surface area contributed by atoms with Crippen LogP contribution in [0.4, 0.5) is 0 Å². The molecule has 33 valence electrons. The molecular formula is H2CoOPtTe. The van der Waals surface area contributed by atoms with Gasteiger partial charge in [0.2, 0.25) is 0 Å². The van der Waals surface area contributed by atoms with E-state index in [1.807, 2.05) is 0 Å². The topological polar surface area (TPSA) is 31.5 Å². The van der Waals surface area contributed by atoms with E-state index in [2.05, 4.69) is 0 Å². The maximum Gasteiger partial charge on any atom is 0 e. The number of hydrogen-bond acceptors (Lipinski definition) is 0. The maximum absolute atomic E-state index is 0. The molecule has 0 fully saturated rings. The molecule has 1 nitrogen and oxygen atoms in total. The van der Waals surface area contributed by atoms with Gasteiger partial charge >= 0.3 is 0 Å². The average Bonchev–Trinajstić information content (AvgIpc) is 0. The Hall–Kier alpha value is 1.94. The van der Waals surface area contributed by atoms with Crippen molar-refractivity contribution in [3.8, 4) is 0 Å². The largest absolute Gasteiger partial charge is 0.412 e. The fraction of sp³-hybridized carbons (Fsp3) is 0. The van der Waals surface area contributed by atoms with E-state index in [1.165, 1.54) is 0 Å². The van der Waals surface area contributed by atoms with Crippen molar-refractivity contribution < 1.29 is 43.3 Å². The Labute approximate surface area is 66.4 Å². The minimum atomic E-state index is 0. The van der Waals surface area contributed by atoms with Gasteiger partial charge in [-0.1, -0.05) is 0 Å². The first kappa shape index (κ1) is 38.4. The summed E-state index contributed by atoms with van der Waals surface area (Å²) in [6.45, 7) is 0. The number of hydrogen-bond donors (Lipinski definition) is 0. The Morgan fingerprint density at radius 1 is 1.00 bits per heavy atom. The van der Waals surface area contributed by atoms with Crippen molar-refractivity contribution in [1.82, 2.24) is 0 Å². The molecule has 0 unspecified atom stereocenters. The van der Waals surface area contributed by atoms with Crippen LogP contribution in [0.2, 0.25) is 0 Å². The summed E-state index contributed by atoms with van der Waals surface area (Å²) in [6, 6.07) is 0. The van der Waals surface area contributed by atoms with Crippen LogP contribution in [0.5, 0.6) is 0 Å². The quantitative estimate of drug-likeness (QED) is 0.458. The van der Waals surface area contributed by atoms with Crippen LogP contribution in [0.25, 0.3) is 0 Å². The van der Waals surface area contributed by atoms with Gasteiger partial charge in [0.05, 0.1) is 0 Å². The smallest absolute Gasteiger partial charge is 0 e. The Bertz CT molecular complexity index is 8.00. The Kier molecular flexibility index (Phi) is 196. The van der Waals surface area contributed by atoms with E-state index in [1.54, 1.807) is 0 Å². The first-order valence-electron chi connectivity index (χ1n) is 0. The summed E-state index contributed by atoms with van der Waals surface area (Å²) in [4.78, 5) is 0. The van der Waals surface area contributed by atoms with Crippen LogP contribution in [0.15, 0.2) is 0 Å². The molecule has 2 N–H and O–H groups in total. The van der Waals surface area contributed by atoms with E-state index >= 15 is 0 Å². The van der Waals surface area contributed by atoms with Crippen molar-refractivity contribution in [2.24, 2.45) is 0 Å². The third kappa shape index (κ3) is 9.04. The van der Waals surface area contributed by atoms with Crippen molar-refractivity contribution >= 4 is 23.7 Å². The third-order valence-electron chi connectivity index (χ3n) is 0. The summed E-state index contributed by atoms with van der Waals surface area (Å²) in [7, 11) is 0. The van der Waals surface area contributed by atoms with Gasteiger partial charge in [0.15, 0.2) is 0 Å². The first-order chi connectivity index (χ1) is 0. The minimum absolute atomic E-state index is 0. The maximum atomic E-state index is 0. The van der Waals surface area contributed by atoms with Crippen molar-refractivity contribution in [2.45, 2.75) is 0 Å². The van der Waals surface area contributed by atoms with Crippen LogP contribution in [0.1, 0.15) is 0 Å². The summed E-state index contributed by atoms with van der Waals surface area (Å²) in [5, 5.41) is 0. The van der Waals surface area contributed by atoms with Crippen LogP contribution in [0, 0.1) is 0 Å². The summed E-state index contributed by atoms with van der Waals surface area (Å²) in [5.74, 6) is 0. The molecule has 4 heavy (non-hydrogen) atoms. The van der Waals surface area contributed by atoms with Crippen LogP contribution < -0.4 is 0 Å². The molecule has 0 aromatic heterocycles. The van der Waals surface area contributed by atoms with Gasteiger partial charge in [-0.2, -0.15) is 0 Å². The fourth-order valence-electron chi connectivity index (χ4n) is 0. The second-order valence-electron chi connectivity index (χ2n) is 0. The monoisotopic (exact) mass is 402 g/mol. The van der Waals surface area contributed by atoms with E-state index < -0.39 is 0 Å². The Balaban J connectivity index is 0. The molecule has 0 aliphatic heterocycles. The molecule has 3 radical (unpaired) electrons. The molecule has 0 atom stereocenters. The van der Waals surface area contributed by atoms with Crippen molar-refractivity contribution in [3.05, 3.63) is 0 Å². The zero-order valence-electron chi connectivity index (χ0n) is 1.56. The summed E-state index contributed by atoms with van der Waals surface area (Å²) in [6.07, 6.45) is 0. The molecular weight excluding hydrogens is 398 g/mol. The van der Waals surface area contributed by atoms with E-state index in [4.69, 9.17) is 0 Å². The molecule has 0 aromatic carbocycles. The summed E-state index contributed by atoms with van der Waals surface area (Å²) >= 11 is 0. The van der Waals surface area contributed by atoms with Crippen molar-refractivity contribution in [3.63, 3.8) is 0 Å². The molecule has 0 saturated heterocycles. The molecule has 0 saturated carbocycles. The van der Waals surface area contributed by atoms with Gasteiger partial charge in [0.1, 0.15) is 0 Å². The first-order valence-corrected chi connectivity index (χ1v) is 0. The molecule has 0 bridgehead atoms. The SMILES string of the molecule is O.[Co].[Pt].[Te]. The Morgan fingerprint density at radius 2 is 1.00 bits per heavy atom. The second-order valence-corrected chi connectivity index (χ2v) is 0. The number of rotatable bonds is 0. The standard InChI is InChI=1S/Co.H2O.Pt.Te/h;1H2;;. The predicted octanol–water partition coefficient (Wildman–Crippen LogP) is -1.21. The fourth-order valence-corrected chi connectivity index (χ4v) is 0. The van der Waals surface area contributed by atoms with Gasteiger partial charge in [-0.15, -0.1) is 0 Å². The Morgan fingerprint density at radius 3 is 1.00 bits per heavy atom. The van der Waals surface area contributed by atoms with Gasteiger partial charge in [-0.05, 0) is 0 Å². The molecule has 0 aromatic rings. The normalized spacial score (nSPS) is 0. The molecule has 4 heteroatoms. The van der Waals surface area contributed by atoms with E-state index in [0.717, 1.165) is 0 Å². The van der Waals surface area contributed by atoms with Gasteiger partial charge < -0.3 is 5.48 Å². The van der Waals surface area contributed by atoms with Crippen molar-refractivity contribution in [1.29, 1.82) is 0 Å². The summed E-state index contributed by atoms with van der Waals surface area (Å²) < 4.78 is 0. The van der Waals surface area contributed by atoms with E-state index in [9.17, 15) is 0 Å². The zero-order chi connectivity index (χ0) is 0. The van der Waals surface area contributed by atoms with Crippen LogP contribution >= 0.6 is 0 Å². The molecule has 0 spiro atoms. The second kappa shape index (κ2) is 20.3. The molecule has 0 heterocycles. The van der Waals surface area contributed by atoms with Crippen LogP contribution in [-0.4, -0.2) is 29.1 Å². The van der Waals surface area contributed by atoms with E-state index in [0.29, 0.717) is 0 Å². The van der Waals surface area contributed by atoms with Gasteiger partial charge in [0, 0.05) is 61.5 Å². The van der Waals surface area contributed by atoms with E-state index in [-0.39, 0.29) is 67.0 Å². The van der Waals surface area contributed by atoms with Gasteiger partial charge in [-0.3, -0.25) is 0 Å². The van der Waals surface area contributed by atoms with Crippen LogP contribution in [-0.2, 0) is 37.8 Å². The van der Waals surface area contributed by atoms with Crippen LogP contribution in [0.3, 0.4) is 0 Å². The van der Waals surface area contributed by atoms with Crippen molar-refractivity contribution in [2.75, 3.05) is 0 Å². The summed E-state index contributed by atoms with van der Waals surface area (Å²) in [5.41, 5.74) is 0. The third-order valence-corrected chi connectivity index (χ3v) is 0. The average molecular weight is 400 g/mol. The van der Waals surface area contributed by atoms with Gasteiger partial charge in [0.25, 0.3) is 0 Å². The molecule has 0 amide bonds. The molecule has 0 aliphatic carbocycles. The molecule has 0 rings (SSSR count). The molecule has 0 aliphatic rings. The minimum Gasteiger partial charge on any atom is -0.412 e. The predicted molar refractivity (Wildman–Crippen MR) is 9.37 cm³/mol. The van der Waals surface area contributed by atoms with Gasteiger partial charge in [-0.25, -0.2) is 0 Å². The zero-order valence-corrected chi connectivity index (χ0v) is 7.20.